The van der Waals surface area contributed by atoms with E-state index in [2.05, 4.69) is 5.32 Å². The average Bonchev–Trinajstić information content (AvgIpc) is 2.94. The van der Waals surface area contributed by atoms with Gasteiger partial charge in [0.15, 0.2) is 11.5 Å². The van der Waals surface area contributed by atoms with Crippen LogP contribution in [0.5, 0.6) is 11.5 Å². The zero-order chi connectivity index (χ0) is 27.9. The van der Waals surface area contributed by atoms with E-state index in [1.54, 1.807) is 31.2 Å². The third kappa shape index (κ3) is 6.44. The minimum absolute atomic E-state index is 0.0718. The highest BCUT2D eigenvalue weighted by atomic mass is 32.2. The number of hydrogen-bond acceptors (Lipinski definition) is 6. The van der Waals surface area contributed by atoms with E-state index < -0.39 is 28.5 Å². The number of carbonyl (C=O) groups excluding carboxylic acids is 2. The second kappa shape index (κ2) is 12.5. The third-order valence-corrected chi connectivity index (χ3v) is 7.92. The molecule has 1 N–H and O–H groups in total. The fourth-order valence-electron chi connectivity index (χ4n) is 3.92. The van der Waals surface area contributed by atoms with Crippen LogP contribution in [0.15, 0.2) is 77.7 Å². The topological polar surface area (TPSA) is 105 Å². The van der Waals surface area contributed by atoms with Gasteiger partial charge in [-0.2, -0.15) is 0 Å². The van der Waals surface area contributed by atoms with Crippen molar-refractivity contribution >= 4 is 27.5 Å². The maximum Gasteiger partial charge on any atom is 0.264 e. The molecule has 0 fully saturated rings. The van der Waals surface area contributed by atoms with Gasteiger partial charge in [-0.15, -0.1) is 0 Å². The van der Waals surface area contributed by atoms with Crippen LogP contribution in [-0.2, 0) is 26.2 Å². The SMILES string of the molecule is CNC(=O)[C@H](C)N(Cc1ccccc1)C(=O)CN(c1ccc(C)cc1)S(=O)(=O)c1ccc(OC)c(OC)c1. The van der Waals surface area contributed by atoms with Gasteiger partial charge < -0.3 is 19.7 Å². The molecule has 0 saturated carbocycles. The average molecular weight is 540 g/mol. The van der Waals surface area contributed by atoms with Crippen LogP contribution in [0.1, 0.15) is 18.1 Å². The van der Waals surface area contributed by atoms with Crippen molar-refractivity contribution in [1.29, 1.82) is 0 Å². The second-order valence-corrected chi connectivity index (χ2v) is 10.5. The summed E-state index contributed by atoms with van der Waals surface area (Å²) in [5, 5.41) is 2.57. The van der Waals surface area contributed by atoms with Crippen LogP contribution < -0.4 is 19.1 Å². The van der Waals surface area contributed by atoms with Crippen molar-refractivity contribution in [2.75, 3.05) is 32.1 Å². The molecule has 10 heteroatoms. The normalized spacial score (nSPS) is 11.8. The summed E-state index contributed by atoms with van der Waals surface area (Å²) in [7, 11) is 0.133. The van der Waals surface area contributed by atoms with Crippen molar-refractivity contribution in [3.05, 3.63) is 83.9 Å². The number of nitrogens with zero attached hydrogens (tertiary/aromatic N) is 2. The van der Waals surface area contributed by atoms with Crippen LogP contribution >= 0.6 is 0 Å². The Hall–Kier alpha value is -4.05. The number of sulfonamides is 1. The molecule has 0 aliphatic rings. The molecule has 0 aromatic heterocycles. The van der Waals surface area contributed by atoms with Crippen molar-refractivity contribution < 1.29 is 27.5 Å². The lowest BCUT2D eigenvalue weighted by Gasteiger charge is -2.31. The van der Waals surface area contributed by atoms with E-state index in [-0.39, 0.29) is 23.1 Å². The van der Waals surface area contributed by atoms with E-state index in [1.165, 1.54) is 44.4 Å². The summed E-state index contributed by atoms with van der Waals surface area (Å²) in [6.07, 6.45) is 0. The number of carbonyl (C=O) groups is 2. The van der Waals surface area contributed by atoms with E-state index in [9.17, 15) is 18.0 Å². The number of methoxy groups -OCH3 is 2. The van der Waals surface area contributed by atoms with Crippen molar-refractivity contribution in [3.63, 3.8) is 0 Å². The lowest BCUT2D eigenvalue weighted by atomic mass is 10.1. The molecule has 0 aliphatic carbocycles. The number of aryl methyl sites for hydroxylation is 1. The molecular formula is C28H33N3O6S. The molecule has 38 heavy (non-hydrogen) atoms. The van der Waals surface area contributed by atoms with Crippen molar-refractivity contribution in [2.45, 2.75) is 31.3 Å². The van der Waals surface area contributed by atoms with Crippen LogP contribution in [0.25, 0.3) is 0 Å². The first-order chi connectivity index (χ1) is 18.1. The quantitative estimate of drug-likeness (QED) is 0.401. The number of amides is 2. The van der Waals surface area contributed by atoms with E-state index in [0.717, 1.165) is 15.4 Å². The summed E-state index contributed by atoms with van der Waals surface area (Å²) in [5.74, 6) is -0.283. The summed E-state index contributed by atoms with van der Waals surface area (Å²) in [6.45, 7) is 3.10. The minimum Gasteiger partial charge on any atom is -0.493 e. The highest BCUT2D eigenvalue weighted by Gasteiger charge is 2.32. The van der Waals surface area contributed by atoms with Crippen LogP contribution in [0.2, 0.25) is 0 Å². The van der Waals surface area contributed by atoms with Gasteiger partial charge in [-0.05, 0) is 43.7 Å². The Morgan fingerprint density at radius 1 is 0.921 bits per heavy atom. The molecule has 1 atom stereocenters. The van der Waals surface area contributed by atoms with Crippen molar-refractivity contribution in [2.24, 2.45) is 0 Å². The molecule has 3 aromatic rings. The molecule has 9 nitrogen and oxygen atoms in total. The van der Waals surface area contributed by atoms with E-state index in [1.807, 2.05) is 37.3 Å². The van der Waals surface area contributed by atoms with Gasteiger partial charge in [0, 0.05) is 19.7 Å². The van der Waals surface area contributed by atoms with Gasteiger partial charge in [-0.3, -0.25) is 13.9 Å². The Labute approximate surface area is 224 Å². The number of benzene rings is 3. The maximum absolute atomic E-state index is 13.9. The standard InChI is InChI=1S/C28H33N3O6S/c1-20-11-13-23(14-12-20)31(38(34,35)24-15-16-25(36-4)26(17-24)37-5)19-27(32)30(21(2)28(33)29-3)18-22-9-7-6-8-10-22/h6-17,21H,18-19H2,1-5H3,(H,29,33)/t21-/m0/s1. The van der Waals surface area contributed by atoms with E-state index in [4.69, 9.17) is 9.47 Å². The molecule has 0 unspecified atom stereocenters. The summed E-state index contributed by atoms with van der Waals surface area (Å²) >= 11 is 0. The van der Waals surface area contributed by atoms with Gasteiger partial charge in [-0.25, -0.2) is 8.42 Å². The Balaban J connectivity index is 2.06. The first-order valence-electron chi connectivity index (χ1n) is 12.0. The summed E-state index contributed by atoms with van der Waals surface area (Å²) in [5.41, 5.74) is 2.05. The van der Waals surface area contributed by atoms with Gasteiger partial charge in [0.25, 0.3) is 10.0 Å². The Morgan fingerprint density at radius 2 is 1.55 bits per heavy atom. The fraction of sp³-hybridized carbons (Fsp3) is 0.286. The zero-order valence-corrected chi connectivity index (χ0v) is 23.0. The number of rotatable bonds is 11. The summed E-state index contributed by atoms with van der Waals surface area (Å²) in [4.78, 5) is 27.6. The van der Waals surface area contributed by atoms with E-state index >= 15 is 0 Å². The smallest absolute Gasteiger partial charge is 0.264 e. The third-order valence-electron chi connectivity index (χ3n) is 6.15. The summed E-state index contributed by atoms with van der Waals surface area (Å²) < 4.78 is 39.5. The number of anilines is 1. The van der Waals surface area contributed by atoms with Gasteiger partial charge in [-0.1, -0.05) is 48.0 Å². The maximum atomic E-state index is 13.9. The molecule has 0 aliphatic heterocycles. The molecule has 2 amide bonds. The number of likely N-dealkylation sites (N-methyl/N-ethyl adjacent to an activating group) is 1. The Kier molecular flexibility index (Phi) is 9.35. The van der Waals surface area contributed by atoms with Crippen molar-refractivity contribution in [1.82, 2.24) is 10.2 Å². The molecule has 0 radical (unpaired) electrons. The van der Waals surface area contributed by atoms with E-state index in [0.29, 0.717) is 11.4 Å². The van der Waals surface area contributed by atoms with Gasteiger partial charge in [0.2, 0.25) is 11.8 Å². The molecule has 0 heterocycles. The molecule has 3 aromatic carbocycles. The van der Waals surface area contributed by atoms with Crippen LogP contribution in [0, 0.1) is 6.92 Å². The second-order valence-electron chi connectivity index (χ2n) is 8.66. The van der Waals surface area contributed by atoms with Gasteiger partial charge in [0.1, 0.15) is 12.6 Å². The Morgan fingerprint density at radius 3 is 2.13 bits per heavy atom. The van der Waals surface area contributed by atoms with Gasteiger partial charge >= 0.3 is 0 Å². The number of ether oxygens (including phenoxy) is 2. The fourth-order valence-corrected chi connectivity index (χ4v) is 5.35. The molecule has 0 saturated heterocycles. The van der Waals surface area contributed by atoms with Crippen LogP contribution in [0.3, 0.4) is 0 Å². The minimum atomic E-state index is -4.23. The molecule has 0 bridgehead atoms. The predicted octanol–water partition coefficient (Wildman–Crippen LogP) is 3.37. The number of hydrogen-bond donors (Lipinski definition) is 1. The van der Waals surface area contributed by atoms with Gasteiger partial charge in [0.05, 0.1) is 24.8 Å². The number of nitrogens with one attached hydrogen (secondary N) is 1. The lowest BCUT2D eigenvalue weighted by molar-refractivity contribution is -0.139. The highest BCUT2D eigenvalue weighted by Crippen LogP contribution is 2.32. The van der Waals surface area contributed by atoms with Crippen LogP contribution in [-0.4, -0.2) is 59.0 Å². The van der Waals surface area contributed by atoms with Crippen molar-refractivity contribution in [3.8, 4) is 11.5 Å². The summed E-state index contributed by atoms with van der Waals surface area (Å²) in [6, 6.07) is 19.5. The largest absolute Gasteiger partial charge is 0.493 e. The molecular weight excluding hydrogens is 506 g/mol. The molecule has 0 spiro atoms. The first-order valence-corrected chi connectivity index (χ1v) is 13.4. The first kappa shape index (κ1) is 28.5. The Bertz CT molecular complexity index is 1360. The predicted molar refractivity (Wildman–Crippen MR) is 146 cm³/mol. The van der Waals surface area contributed by atoms with Crippen LogP contribution in [0.4, 0.5) is 5.69 Å². The molecule has 3 rings (SSSR count). The monoisotopic (exact) mass is 539 g/mol. The molecule has 202 valence electrons. The highest BCUT2D eigenvalue weighted by molar-refractivity contribution is 7.92. The lowest BCUT2D eigenvalue weighted by Crippen LogP contribution is -2.50. The zero-order valence-electron chi connectivity index (χ0n) is 22.2.